The smallest absolute Gasteiger partial charge is 0.189 e. The van der Waals surface area contributed by atoms with E-state index in [1.54, 1.807) is 19.4 Å². The minimum atomic E-state index is 0.0603. The number of aromatic amines is 1. The van der Waals surface area contributed by atoms with Gasteiger partial charge in [0.15, 0.2) is 5.43 Å². The van der Waals surface area contributed by atoms with Crippen LogP contribution in [0.4, 0.5) is 0 Å². The number of aryl methyl sites for hydroxylation is 2. The molecule has 3 aromatic rings. The number of hydrogen-bond acceptors (Lipinski definition) is 4. The number of benzene rings is 1. The van der Waals surface area contributed by atoms with E-state index in [-0.39, 0.29) is 5.43 Å². The minimum Gasteiger partial charge on any atom is -0.383 e. The van der Waals surface area contributed by atoms with E-state index >= 15 is 0 Å². The molecule has 5 heteroatoms. The van der Waals surface area contributed by atoms with Crippen LogP contribution in [0.1, 0.15) is 22.5 Å². The van der Waals surface area contributed by atoms with Crippen LogP contribution < -0.4 is 5.43 Å². The van der Waals surface area contributed by atoms with Crippen molar-refractivity contribution >= 4 is 10.9 Å². The molecular formula is C21H25N3O2. The van der Waals surface area contributed by atoms with Crippen LogP contribution >= 0.6 is 0 Å². The van der Waals surface area contributed by atoms with Crippen molar-refractivity contribution in [3.05, 3.63) is 75.3 Å². The molecule has 5 nitrogen and oxygen atoms in total. The molecule has 0 spiro atoms. The highest BCUT2D eigenvalue weighted by Crippen LogP contribution is 2.17. The molecule has 0 aliphatic heterocycles. The van der Waals surface area contributed by atoms with Crippen molar-refractivity contribution in [2.75, 3.05) is 20.3 Å². The summed E-state index contributed by atoms with van der Waals surface area (Å²) in [6.45, 7) is 6.78. The van der Waals surface area contributed by atoms with E-state index in [0.717, 1.165) is 40.0 Å². The van der Waals surface area contributed by atoms with Crippen LogP contribution in [0, 0.1) is 13.8 Å². The standard InChI is InChI=1S/C21H25N3O2/c1-15-10-16(2)21-19(11-15)20(25)12-18(23-21)14-24(8-9-26-3)13-17-6-4-5-7-22-17/h4-7,10-12H,8-9,13-14H2,1-3H3,(H,23,25). The largest absolute Gasteiger partial charge is 0.383 e. The topological polar surface area (TPSA) is 58.2 Å². The van der Waals surface area contributed by atoms with Crippen molar-refractivity contribution < 1.29 is 4.74 Å². The van der Waals surface area contributed by atoms with Gasteiger partial charge in [0.05, 0.1) is 17.8 Å². The monoisotopic (exact) mass is 351 g/mol. The first-order chi connectivity index (χ1) is 12.6. The fourth-order valence-corrected chi connectivity index (χ4v) is 3.24. The minimum absolute atomic E-state index is 0.0603. The number of fused-ring (bicyclic) bond motifs is 1. The molecule has 0 aliphatic carbocycles. The summed E-state index contributed by atoms with van der Waals surface area (Å²) in [5.41, 5.74) is 5.07. The molecule has 3 rings (SSSR count). The number of rotatable bonds is 7. The highest BCUT2D eigenvalue weighted by atomic mass is 16.5. The zero-order valence-corrected chi connectivity index (χ0v) is 15.6. The molecule has 0 radical (unpaired) electrons. The van der Waals surface area contributed by atoms with Gasteiger partial charge in [0, 0.05) is 50.1 Å². The molecule has 1 N–H and O–H groups in total. The number of H-pyrrole nitrogens is 1. The Labute approximate surface area is 153 Å². The van der Waals surface area contributed by atoms with Crippen molar-refractivity contribution in [3.8, 4) is 0 Å². The summed E-state index contributed by atoms with van der Waals surface area (Å²) in [7, 11) is 1.70. The number of nitrogens with zero attached hydrogens (tertiary/aromatic N) is 2. The van der Waals surface area contributed by atoms with Crippen LogP contribution in [0.25, 0.3) is 10.9 Å². The van der Waals surface area contributed by atoms with Crippen LogP contribution in [0.2, 0.25) is 0 Å². The van der Waals surface area contributed by atoms with Gasteiger partial charge < -0.3 is 9.72 Å². The van der Waals surface area contributed by atoms with Gasteiger partial charge in [-0.25, -0.2) is 0 Å². The Bertz CT molecular complexity index is 935. The molecule has 0 fully saturated rings. The SMILES string of the molecule is COCCN(Cc1ccccn1)Cc1cc(=O)c2cc(C)cc(C)c2[nH]1. The van der Waals surface area contributed by atoms with Crippen LogP contribution in [-0.4, -0.2) is 35.1 Å². The molecule has 2 heterocycles. The number of methoxy groups -OCH3 is 1. The van der Waals surface area contributed by atoms with Gasteiger partial charge in [0.2, 0.25) is 0 Å². The van der Waals surface area contributed by atoms with Crippen LogP contribution in [0.15, 0.2) is 47.4 Å². The third-order valence-corrected chi connectivity index (χ3v) is 4.45. The van der Waals surface area contributed by atoms with E-state index in [1.807, 2.05) is 38.1 Å². The fourth-order valence-electron chi connectivity index (χ4n) is 3.24. The average Bonchev–Trinajstić information content (AvgIpc) is 2.61. The zero-order chi connectivity index (χ0) is 18.5. The van der Waals surface area contributed by atoms with E-state index in [1.165, 1.54) is 0 Å². The Morgan fingerprint density at radius 3 is 2.73 bits per heavy atom. The van der Waals surface area contributed by atoms with E-state index < -0.39 is 0 Å². The molecule has 0 bridgehead atoms. The lowest BCUT2D eigenvalue weighted by Gasteiger charge is -2.22. The third kappa shape index (κ3) is 4.36. The normalized spacial score (nSPS) is 11.4. The molecule has 0 saturated carbocycles. The molecule has 0 saturated heterocycles. The van der Waals surface area contributed by atoms with Crippen molar-refractivity contribution in [2.45, 2.75) is 26.9 Å². The Hall–Kier alpha value is -2.50. The second kappa shape index (κ2) is 8.25. The summed E-state index contributed by atoms with van der Waals surface area (Å²) in [6.07, 6.45) is 1.80. The van der Waals surface area contributed by atoms with Crippen molar-refractivity contribution in [2.24, 2.45) is 0 Å². The second-order valence-electron chi connectivity index (χ2n) is 6.69. The van der Waals surface area contributed by atoms with Crippen LogP contribution in [-0.2, 0) is 17.8 Å². The predicted octanol–water partition coefficient (Wildman–Crippen LogP) is 3.19. The van der Waals surface area contributed by atoms with Crippen LogP contribution in [0.5, 0.6) is 0 Å². The lowest BCUT2D eigenvalue weighted by atomic mass is 10.1. The maximum absolute atomic E-state index is 12.6. The molecule has 0 unspecified atom stereocenters. The second-order valence-corrected chi connectivity index (χ2v) is 6.69. The Morgan fingerprint density at radius 2 is 2.00 bits per heavy atom. The first-order valence-electron chi connectivity index (χ1n) is 8.81. The molecule has 0 atom stereocenters. The first kappa shape index (κ1) is 18.3. The number of nitrogens with one attached hydrogen (secondary N) is 1. The van der Waals surface area contributed by atoms with Gasteiger partial charge in [0.25, 0.3) is 0 Å². The van der Waals surface area contributed by atoms with Crippen molar-refractivity contribution in [3.63, 3.8) is 0 Å². The predicted molar refractivity (Wildman–Crippen MR) is 104 cm³/mol. The molecule has 0 aliphatic rings. The molecule has 0 amide bonds. The summed E-state index contributed by atoms with van der Waals surface area (Å²) in [4.78, 5) is 22.7. The summed E-state index contributed by atoms with van der Waals surface area (Å²) in [5.74, 6) is 0. The highest BCUT2D eigenvalue weighted by Gasteiger charge is 2.11. The van der Waals surface area contributed by atoms with Gasteiger partial charge >= 0.3 is 0 Å². The number of aromatic nitrogens is 2. The van der Waals surface area contributed by atoms with Crippen LogP contribution in [0.3, 0.4) is 0 Å². The van der Waals surface area contributed by atoms with E-state index in [2.05, 4.69) is 20.9 Å². The molecule has 1 aromatic carbocycles. The Kier molecular flexibility index (Phi) is 5.81. The maximum Gasteiger partial charge on any atom is 0.189 e. The van der Waals surface area contributed by atoms with E-state index in [4.69, 9.17) is 4.74 Å². The van der Waals surface area contributed by atoms with E-state index in [0.29, 0.717) is 19.7 Å². The Balaban J connectivity index is 1.89. The summed E-state index contributed by atoms with van der Waals surface area (Å²) in [5, 5.41) is 0.749. The molecular weight excluding hydrogens is 326 g/mol. The number of hydrogen-bond donors (Lipinski definition) is 1. The summed E-state index contributed by atoms with van der Waals surface area (Å²) < 4.78 is 5.24. The first-order valence-corrected chi connectivity index (χ1v) is 8.81. The van der Waals surface area contributed by atoms with Gasteiger partial charge in [-0.05, 0) is 43.2 Å². The summed E-state index contributed by atoms with van der Waals surface area (Å²) >= 11 is 0. The lowest BCUT2D eigenvalue weighted by Crippen LogP contribution is -2.28. The third-order valence-electron chi connectivity index (χ3n) is 4.45. The van der Waals surface area contributed by atoms with Crippen molar-refractivity contribution in [1.29, 1.82) is 0 Å². The zero-order valence-electron chi connectivity index (χ0n) is 15.6. The number of pyridine rings is 2. The van der Waals surface area contributed by atoms with Crippen molar-refractivity contribution in [1.82, 2.24) is 14.9 Å². The molecule has 26 heavy (non-hydrogen) atoms. The summed E-state index contributed by atoms with van der Waals surface area (Å²) in [6, 6.07) is 11.7. The lowest BCUT2D eigenvalue weighted by molar-refractivity contribution is 0.138. The molecule has 2 aromatic heterocycles. The van der Waals surface area contributed by atoms with E-state index in [9.17, 15) is 4.79 Å². The fraction of sp³-hybridized carbons (Fsp3) is 0.333. The average molecular weight is 351 g/mol. The Morgan fingerprint density at radius 1 is 1.15 bits per heavy atom. The maximum atomic E-state index is 12.6. The quantitative estimate of drug-likeness (QED) is 0.710. The van der Waals surface area contributed by atoms with Gasteiger partial charge in [-0.3, -0.25) is 14.7 Å². The van der Waals surface area contributed by atoms with Gasteiger partial charge in [-0.15, -0.1) is 0 Å². The van der Waals surface area contributed by atoms with Gasteiger partial charge in [-0.2, -0.15) is 0 Å². The van der Waals surface area contributed by atoms with Gasteiger partial charge in [0.1, 0.15) is 0 Å². The molecule has 136 valence electrons. The highest BCUT2D eigenvalue weighted by molar-refractivity contribution is 5.82. The van der Waals surface area contributed by atoms with Gasteiger partial charge in [-0.1, -0.05) is 12.1 Å². The number of ether oxygens (including phenoxy) is 1.